The Labute approximate surface area is 86.3 Å². The highest BCUT2D eigenvalue weighted by Crippen LogP contribution is 2.72. The lowest BCUT2D eigenvalue weighted by molar-refractivity contribution is -0.130. The Morgan fingerprint density at radius 3 is 2.14 bits per heavy atom. The second kappa shape index (κ2) is 2.43. The van der Waals surface area contributed by atoms with Crippen LogP contribution in [0.15, 0.2) is 0 Å². The van der Waals surface area contributed by atoms with E-state index in [9.17, 15) is 4.79 Å². The van der Waals surface area contributed by atoms with Gasteiger partial charge in [0, 0.05) is 11.3 Å². The Kier molecular flexibility index (Phi) is 1.55. The highest BCUT2D eigenvalue weighted by Gasteiger charge is 2.69. The maximum Gasteiger partial charge on any atom is 0.142 e. The van der Waals surface area contributed by atoms with E-state index >= 15 is 0 Å². The predicted octanol–water partition coefficient (Wildman–Crippen LogP) is 3.18. The molecule has 0 amide bonds. The third-order valence-corrected chi connectivity index (χ3v) is 5.91. The van der Waals surface area contributed by atoms with Crippen LogP contribution in [0.4, 0.5) is 0 Å². The van der Waals surface area contributed by atoms with Gasteiger partial charge in [0.05, 0.1) is 0 Å². The summed E-state index contributed by atoms with van der Waals surface area (Å²) in [5, 5.41) is 0. The third-order valence-electron chi connectivity index (χ3n) is 5.91. The zero-order valence-electron chi connectivity index (χ0n) is 9.31. The summed E-state index contributed by atoms with van der Waals surface area (Å²) >= 11 is 0. The second-order valence-electron chi connectivity index (χ2n) is 5.89. The summed E-state index contributed by atoms with van der Waals surface area (Å²) in [5.41, 5.74) is 0.606. The SMILES string of the molecule is C[C@@H]1C(=O)C23CCCC2(CCC3)[C@H]1C. The normalized spacial score (nSPS) is 56.3. The zero-order valence-corrected chi connectivity index (χ0v) is 9.31. The molecule has 0 aliphatic heterocycles. The minimum Gasteiger partial charge on any atom is -0.299 e. The fraction of sp³-hybridized carbons (Fsp3) is 0.923. The first-order chi connectivity index (χ1) is 6.64. The standard InChI is InChI=1S/C13H20O/c1-9-10(2)12-5-3-7-13(12,11(9)14)8-4-6-12/h9-10H,3-8H2,1-2H3/t9-,10-,12?,13?/m0/s1. The molecule has 0 unspecified atom stereocenters. The van der Waals surface area contributed by atoms with Crippen LogP contribution in [0.3, 0.4) is 0 Å². The van der Waals surface area contributed by atoms with Crippen LogP contribution in [-0.2, 0) is 4.79 Å². The topological polar surface area (TPSA) is 17.1 Å². The van der Waals surface area contributed by atoms with Gasteiger partial charge >= 0.3 is 0 Å². The Hall–Kier alpha value is -0.330. The van der Waals surface area contributed by atoms with Crippen molar-refractivity contribution in [2.75, 3.05) is 0 Å². The van der Waals surface area contributed by atoms with Gasteiger partial charge in [-0.15, -0.1) is 0 Å². The van der Waals surface area contributed by atoms with Crippen LogP contribution in [0.5, 0.6) is 0 Å². The average Bonchev–Trinajstić information content (AvgIpc) is 2.72. The maximum atomic E-state index is 12.4. The van der Waals surface area contributed by atoms with Gasteiger partial charge in [-0.3, -0.25) is 4.79 Å². The van der Waals surface area contributed by atoms with Crippen molar-refractivity contribution >= 4 is 5.78 Å². The number of carbonyl (C=O) groups is 1. The van der Waals surface area contributed by atoms with Gasteiger partial charge in [-0.2, -0.15) is 0 Å². The Balaban J connectivity index is 2.16. The Morgan fingerprint density at radius 1 is 1.07 bits per heavy atom. The van der Waals surface area contributed by atoms with Crippen molar-refractivity contribution in [3.05, 3.63) is 0 Å². The molecule has 0 radical (unpaired) electrons. The summed E-state index contributed by atoms with van der Waals surface area (Å²) in [7, 11) is 0. The zero-order chi connectivity index (χ0) is 9.97. The monoisotopic (exact) mass is 192 g/mol. The van der Waals surface area contributed by atoms with Crippen molar-refractivity contribution in [3.63, 3.8) is 0 Å². The maximum absolute atomic E-state index is 12.4. The molecule has 2 atom stereocenters. The van der Waals surface area contributed by atoms with Crippen molar-refractivity contribution in [2.45, 2.75) is 52.4 Å². The largest absolute Gasteiger partial charge is 0.299 e. The Bertz CT molecular complexity index is 282. The Morgan fingerprint density at radius 2 is 1.64 bits per heavy atom. The van der Waals surface area contributed by atoms with Crippen LogP contribution >= 0.6 is 0 Å². The van der Waals surface area contributed by atoms with Gasteiger partial charge in [-0.05, 0) is 37.0 Å². The van der Waals surface area contributed by atoms with E-state index in [2.05, 4.69) is 13.8 Å². The summed E-state index contributed by atoms with van der Waals surface area (Å²) in [5.74, 6) is 1.62. The molecule has 1 heteroatoms. The first-order valence-electron chi connectivity index (χ1n) is 6.18. The summed E-state index contributed by atoms with van der Waals surface area (Å²) in [6.45, 7) is 4.50. The molecular formula is C13H20O. The summed E-state index contributed by atoms with van der Waals surface area (Å²) in [4.78, 5) is 12.4. The lowest BCUT2D eigenvalue weighted by Gasteiger charge is -2.35. The number of carbonyl (C=O) groups excluding carboxylic acids is 1. The molecule has 0 spiro atoms. The molecule has 3 saturated carbocycles. The van der Waals surface area contributed by atoms with E-state index in [0.717, 1.165) is 0 Å². The molecule has 1 nitrogen and oxygen atoms in total. The van der Waals surface area contributed by atoms with Crippen molar-refractivity contribution in [2.24, 2.45) is 22.7 Å². The van der Waals surface area contributed by atoms with E-state index in [-0.39, 0.29) is 5.41 Å². The van der Waals surface area contributed by atoms with Crippen LogP contribution < -0.4 is 0 Å². The lowest BCUT2D eigenvalue weighted by atomic mass is 9.67. The summed E-state index contributed by atoms with van der Waals surface area (Å²) < 4.78 is 0. The molecular weight excluding hydrogens is 172 g/mol. The minimum absolute atomic E-state index is 0.159. The number of Topliss-reactive ketones (excluding diaryl/α,β-unsaturated/α-hetero) is 1. The van der Waals surface area contributed by atoms with E-state index in [4.69, 9.17) is 0 Å². The van der Waals surface area contributed by atoms with Crippen molar-refractivity contribution in [1.29, 1.82) is 0 Å². The molecule has 0 aromatic rings. The van der Waals surface area contributed by atoms with Crippen molar-refractivity contribution in [1.82, 2.24) is 0 Å². The van der Waals surface area contributed by atoms with Gasteiger partial charge in [0.25, 0.3) is 0 Å². The lowest BCUT2D eigenvalue weighted by Crippen LogP contribution is -2.34. The number of hydrogen-bond acceptors (Lipinski definition) is 1. The average molecular weight is 192 g/mol. The van der Waals surface area contributed by atoms with Crippen LogP contribution in [0.1, 0.15) is 52.4 Å². The highest BCUT2D eigenvalue weighted by molar-refractivity contribution is 5.91. The number of rotatable bonds is 0. The molecule has 14 heavy (non-hydrogen) atoms. The first kappa shape index (κ1) is 8.94. The summed E-state index contributed by atoms with van der Waals surface area (Å²) in [6.07, 6.45) is 7.71. The van der Waals surface area contributed by atoms with E-state index in [1.54, 1.807) is 0 Å². The summed E-state index contributed by atoms with van der Waals surface area (Å²) in [6, 6.07) is 0. The molecule has 3 rings (SSSR count). The predicted molar refractivity (Wildman–Crippen MR) is 55.9 cm³/mol. The van der Waals surface area contributed by atoms with Gasteiger partial charge in [0.2, 0.25) is 0 Å². The van der Waals surface area contributed by atoms with Gasteiger partial charge in [0.15, 0.2) is 0 Å². The number of ketones is 1. The fourth-order valence-electron chi connectivity index (χ4n) is 5.16. The second-order valence-corrected chi connectivity index (χ2v) is 5.89. The smallest absolute Gasteiger partial charge is 0.142 e. The molecule has 0 aromatic carbocycles. The van der Waals surface area contributed by atoms with E-state index in [0.29, 0.717) is 23.0 Å². The van der Waals surface area contributed by atoms with Gasteiger partial charge < -0.3 is 0 Å². The van der Waals surface area contributed by atoms with E-state index in [1.807, 2.05) is 0 Å². The highest BCUT2D eigenvalue weighted by atomic mass is 16.1. The molecule has 3 aliphatic rings. The molecule has 0 heterocycles. The molecule has 0 saturated heterocycles. The third kappa shape index (κ3) is 0.666. The van der Waals surface area contributed by atoms with Gasteiger partial charge in [-0.25, -0.2) is 0 Å². The van der Waals surface area contributed by atoms with Crippen molar-refractivity contribution < 1.29 is 4.79 Å². The van der Waals surface area contributed by atoms with Gasteiger partial charge in [-0.1, -0.05) is 26.7 Å². The first-order valence-corrected chi connectivity index (χ1v) is 6.18. The van der Waals surface area contributed by atoms with Crippen LogP contribution in [0, 0.1) is 22.7 Å². The molecule has 3 fully saturated rings. The van der Waals surface area contributed by atoms with Gasteiger partial charge in [0.1, 0.15) is 5.78 Å². The molecule has 3 aliphatic carbocycles. The van der Waals surface area contributed by atoms with E-state index in [1.165, 1.54) is 38.5 Å². The molecule has 0 aromatic heterocycles. The van der Waals surface area contributed by atoms with E-state index < -0.39 is 0 Å². The van der Waals surface area contributed by atoms with Crippen LogP contribution in [-0.4, -0.2) is 5.78 Å². The molecule has 0 N–H and O–H groups in total. The van der Waals surface area contributed by atoms with Crippen LogP contribution in [0.25, 0.3) is 0 Å². The number of hydrogen-bond donors (Lipinski definition) is 0. The molecule has 78 valence electrons. The fourth-order valence-corrected chi connectivity index (χ4v) is 5.16. The quantitative estimate of drug-likeness (QED) is 0.576. The molecule has 0 bridgehead atoms. The minimum atomic E-state index is 0.159. The van der Waals surface area contributed by atoms with Crippen molar-refractivity contribution in [3.8, 4) is 0 Å². The van der Waals surface area contributed by atoms with Crippen LogP contribution in [0.2, 0.25) is 0 Å².